The minimum atomic E-state index is -0.389. The van der Waals surface area contributed by atoms with Gasteiger partial charge in [0.05, 0.1) is 17.7 Å². The van der Waals surface area contributed by atoms with E-state index in [0.29, 0.717) is 39.0 Å². The van der Waals surface area contributed by atoms with E-state index in [2.05, 4.69) is 54.1 Å². The quantitative estimate of drug-likeness (QED) is 0.192. The van der Waals surface area contributed by atoms with Gasteiger partial charge in [0.1, 0.15) is 11.3 Å². The molecule has 4 rings (SSSR count). The first kappa shape index (κ1) is 23.0. The van der Waals surface area contributed by atoms with E-state index in [1.54, 1.807) is 30.3 Å². The summed E-state index contributed by atoms with van der Waals surface area (Å²) in [5.41, 5.74) is 3.19. The van der Waals surface area contributed by atoms with E-state index in [1.165, 1.54) is 13.2 Å². The number of rotatable bonds is 4. The molecule has 0 aliphatic heterocycles. The molecular formula is C22H14BrClIN3O3S. The minimum absolute atomic E-state index is 0.144. The number of oxazole rings is 1. The average molecular weight is 643 g/mol. The van der Waals surface area contributed by atoms with E-state index >= 15 is 0 Å². The lowest BCUT2D eigenvalue weighted by molar-refractivity contribution is 0.0977. The van der Waals surface area contributed by atoms with Gasteiger partial charge in [0.25, 0.3) is 5.91 Å². The van der Waals surface area contributed by atoms with Crippen LogP contribution in [0.3, 0.4) is 0 Å². The molecule has 0 aliphatic carbocycles. The number of hydrogen-bond acceptors (Lipinski definition) is 5. The van der Waals surface area contributed by atoms with Crippen LogP contribution in [-0.2, 0) is 0 Å². The van der Waals surface area contributed by atoms with Gasteiger partial charge in [-0.15, -0.1) is 0 Å². The number of nitrogens with zero attached hydrogens (tertiary/aromatic N) is 1. The molecule has 0 atom stereocenters. The summed E-state index contributed by atoms with van der Waals surface area (Å²) in [7, 11) is 1.51. The summed E-state index contributed by atoms with van der Waals surface area (Å²) < 4.78 is 13.0. The maximum atomic E-state index is 12.5. The number of carbonyl (C=O) groups excluding carboxylic acids is 1. The molecule has 1 amide bonds. The Morgan fingerprint density at radius 2 is 2.00 bits per heavy atom. The van der Waals surface area contributed by atoms with Crippen LogP contribution < -0.4 is 15.4 Å². The van der Waals surface area contributed by atoms with Crippen LogP contribution >= 0.6 is 62.3 Å². The van der Waals surface area contributed by atoms with Gasteiger partial charge in [0.15, 0.2) is 10.7 Å². The molecule has 0 bridgehead atoms. The van der Waals surface area contributed by atoms with Crippen LogP contribution in [0.15, 0.2) is 63.5 Å². The number of amides is 1. The molecule has 0 fully saturated rings. The fourth-order valence-electron chi connectivity index (χ4n) is 2.93. The Kier molecular flexibility index (Phi) is 6.99. The van der Waals surface area contributed by atoms with E-state index in [9.17, 15) is 4.79 Å². The highest BCUT2D eigenvalue weighted by molar-refractivity contribution is 14.1. The van der Waals surface area contributed by atoms with E-state index in [1.807, 2.05) is 18.2 Å². The standard InChI is InChI=1S/C22H14BrClIN3O3S/c1-30-18-6-2-11(8-16(18)24)20(29)28-22(32)26-13-4-7-19-17(10-13)27-21(31-19)14-9-12(25)3-5-15(14)23/h2-10H,1H3,(H2,26,28,29,32). The van der Waals surface area contributed by atoms with Crippen LogP contribution in [0, 0.1) is 3.57 Å². The largest absolute Gasteiger partial charge is 0.495 e. The third kappa shape index (κ3) is 5.06. The van der Waals surface area contributed by atoms with E-state index in [-0.39, 0.29) is 11.0 Å². The van der Waals surface area contributed by atoms with Crippen molar-refractivity contribution in [2.45, 2.75) is 0 Å². The molecule has 2 N–H and O–H groups in total. The molecule has 0 saturated carbocycles. The van der Waals surface area contributed by atoms with Gasteiger partial charge in [0, 0.05) is 19.3 Å². The minimum Gasteiger partial charge on any atom is -0.495 e. The topological polar surface area (TPSA) is 76.4 Å². The van der Waals surface area contributed by atoms with Crippen molar-refractivity contribution in [1.82, 2.24) is 10.3 Å². The number of thiocarbonyl (C=S) groups is 1. The Labute approximate surface area is 216 Å². The summed E-state index contributed by atoms with van der Waals surface area (Å²) in [5, 5.41) is 6.11. The van der Waals surface area contributed by atoms with Crippen molar-refractivity contribution >= 4 is 90.1 Å². The Hall–Kier alpha value is -2.21. The number of aromatic nitrogens is 1. The van der Waals surface area contributed by atoms with Gasteiger partial charge in [-0.2, -0.15) is 0 Å². The summed E-state index contributed by atoms with van der Waals surface area (Å²) >= 11 is 17.1. The second kappa shape index (κ2) is 9.74. The first-order chi connectivity index (χ1) is 15.3. The molecule has 0 radical (unpaired) electrons. The van der Waals surface area contributed by atoms with Gasteiger partial charge in [-0.1, -0.05) is 11.6 Å². The molecular weight excluding hydrogens is 629 g/mol. The van der Waals surface area contributed by atoms with Crippen molar-refractivity contribution in [2.24, 2.45) is 0 Å². The Bertz CT molecular complexity index is 1360. The molecule has 162 valence electrons. The van der Waals surface area contributed by atoms with Crippen molar-refractivity contribution in [2.75, 3.05) is 12.4 Å². The van der Waals surface area contributed by atoms with E-state index < -0.39 is 0 Å². The van der Waals surface area contributed by atoms with Crippen LogP contribution in [0.2, 0.25) is 5.02 Å². The normalized spacial score (nSPS) is 10.8. The number of ether oxygens (including phenoxy) is 1. The molecule has 0 aliphatic rings. The van der Waals surface area contributed by atoms with Gasteiger partial charge in [0.2, 0.25) is 5.89 Å². The summed E-state index contributed by atoms with van der Waals surface area (Å²) in [6.45, 7) is 0. The van der Waals surface area contributed by atoms with Gasteiger partial charge < -0.3 is 14.5 Å². The van der Waals surface area contributed by atoms with Gasteiger partial charge in [-0.05, 0) is 105 Å². The molecule has 10 heteroatoms. The van der Waals surface area contributed by atoms with Gasteiger partial charge in [-0.3, -0.25) is 10.1 Å². The number of anilines is 1. The van der Waals surface area contributed by atoms with Crippen molar-refractivity contribution < 1.29 is 13.9 Å². The SMILES string of the molecule is COc1ccc(C(=O)NC(=S)Nc2ccc3oc(-c4cc(I)ccc4Br)nc3c2)cc1Cl. The Balaban J connectivity index is 1.49. The van der Waals surface area contributed by atoms with Crippen molar-refractivity contribution in [3.8, 4) is 17.2 Å². The zero-order valence-corrected chi connectivity index (χ0v) is 21.7. The number of hydrogen-bond donors (Lipinski definition) is 2. The Morgan fingerprint density at radius 1 is 1.19 bits per heavy atom. The zero-order chi connectivity index (χ0) is 22.8. The summed E-state index contributed by atoms with van der Waals surface area (Å²) in [6, 6.07) is 16.1. The molecule has 1 heterocycles. The third-order valence-electron chi connectivity index (χ3n) is 4.45. The first-order valence-corrected chi connectivity index (χ1v) is 11.8. The van der Waals surface area contributed by atoms with Crippen molar-refractivity contribution in [3.05, 3.63) is 73.2 Å². The highest BCUT2D eigenvalue weighted by Gasteiger charge is 2.14. The summed E-state index contributed by atoms with van der Waals surface area (Å²) in [6.07, 6.45) is 0. The van der Waals surface area contributed by atoms with Gasteiger partial charge in [-0.25, -0.2) is 4.98 Å². The number of halogens is 3. The second-order valence-electron chi connectivity index (χ2n) is 6.58. The van der Waals surface area contributed by atoms with Gasteiger partial charge >= 0.3 is 0 Å². The molecule has 0 saturated heterocycles. The number of carbonyl (C=O) groups is 1. The predicted octanol–water partition coefficient (Wildman–Crippen LogP) is 6.65. The summed E-state index contributed by atoms with van der Waals surface area (Å²) in [4.78, 5) is 17.0. The first-order valence-electron chi connectivity index (χ1n) is 9.16. The van der Waals surface area contributed by atoms with Crippen LogP contribution in [0.4, 0.5) is 5.69 Å². The highest BCUT2D eigenvalue weighted by atomic mass is 127. The van der Waals surface area contributed by atoms with Crippen LogP contribution in [-0.4, -0.2) is 23.1 Å². The molecule has 1 aromatic heterocycles. The molecule has 0 spiro atoms. The number of fused-ring (bicyclic) bond motifs is 1. The maximum absolute atomic E-state index is 12.5. The lowest BCUT2D eigenvalue weighted by Gasteiger charge is -2.10. The average Bonchev–Trinajstić information content (AvgIpc) is 3.18. The fourth-order valence-corrected chi connectivity index (χ4v) is 4.30. The smallest absolute Gasteiger partial charge is 0.257 e. The predicted molar refractivity (Wildman–Crippen MR) is 142 cm³/mol. The van der Waals surface area contributed by atoms with Crippen molar-refractivity contribution in [1.29, 1.82) is 0 Å². The maximum Gasteiger partial charge on any atom is 0.257 e. The number of methoxy groups -OCH3 is 1. The lowest BCUT2D eigenvalue weighted by Crippen LogP contribution is -2.34. The second-order valence-corrected chi connectivity index (χ2v) is 9.50. The van der Waals surface area contributed by atoms with Crippen LogP contribution in [0.1, 0.15) is 10.4 Å². The molecule has 6 nitrogen and oxygen atoms in total. The molecule has 32 heavy (non-hydrogen) atoms. The lowest BCUT2D eigenvalue weighted by atomic mass is 10.2. The van der Waals surface area contributed by atoms with E-state index in [0.717, 1.165) is 13.6 Å². The zero-order valence-electron chi connectivity index (χ0n) is 16.4. The number of benzene rings is 3. The van der Waals surface area contributed by atoms with Crippen LogP contribution in [0.5, 0.6) is 5.75 Å². The van der Waals surface area contributed by atoms with Crippen molar-refractivity contribution in [3.63, 3.8) is 0 Å². The molecule has 0 unspecified atom stereocenters. The Morgan fingerprint density at radius 3 is 2.75 bits per heavy atom. The van der Waals surface area contributed by atoms with Crippen LogP contribution in [0.25, 0.3) is 22.6 Å². The summed E-state index contributed by atoms with van der Waals surface area (Å²) in [5.74, 6) is 0.608. The number of nitrogens with one attached hydrogen (secondary N) is 2. The third-order valence-corrected chi connectivity index (χ3v) is 6.31. The molecule has 3 aromatic carbocycles. The monoisotopic (exact) mass is 641 g/mol. The van der Waals surface area contributed by atoms with E-state index in [4.69, 9.17) is 33.0 Å². The fraction of sp³-hybridized carbons (Fsp3) is 0.0455. The highest BCUT2D eigenvalue weighted by Crippen LogP contribution is 2.32. The molecule has 4 aromatic rings.